The Kier molecular flexibility index (Phi) is 3.90. The van der Waals surface area contributed by atoms with E-state index in [4.69, 9.17) is 11.3 Å². The van der Waals surface area contributed by atoms with Crippen LogP contribution in [0.4, 0.5) is 4.39 Å². The summed E-state index contributed by atoms with van der Waals surface area (Å²) < 4.78 is 18.9. The standard InChI is InChI=1S/C10H9BrFNO/c1-13-4-3-7-5-8(11)6-9(12)10(7)14-2/h5-6H,3-4H2,2H3. The Balaban J connectivity index is 3.06. The first kappa shape index (κ1) is 11.0. The van der Waals surface area contributed by atoms with Gasteiger partial charge >= 0.3 is 0 Å². The zero-order chi connectivity index (χ0) is 10.6. The fourth-order valence-electron chi connectivity index (χ4n) is 1.20. The van der Waals surface area contributed by atoms with Crippen LogP contribution in [0.3, 0.4) is 0 Å². The molecule has 0 aromatic heterocycles. The van der Waals surface area contributed by atoms with Gasteiger partial charge in [0, 0.05) is 16.5 Å². The molecule has 1 aromatic rings. The summed E-state index contributed by atoms with van der Waals surface area (Å²) in [4.78, 5) is 3.22. The summed E-state index contributed by atoms with van der Waals surface area (Å²) in [5.74, 6) is -0.168. The summed E-state index contributed by atoms with van der Waals surface area (Å²) in [5, 5.41) is 0. The van der Waals surface area contributed by atoms with Crippen LogP contribution in [-0.2, 0) is 6.42 Å². The van der Waals surface area contributed by atoms with E-state index in [2.05, 4.69) is 20.8 Å². The third-order valence-electron chi connectivity index (χ3n) is 1.78. The molecule has 14 heavy (non-hydrogen) atoms. The van der Waals surface area contributed by atoms with Gasteiger partial charge in [0.2, 0.25) is 6.54 Å². The van der Waals surface area contributed by atoms with E-state index in [9.17, 15) is 4.39 Å². The summed E-state index contributed by atoms with van der Waals surface area (Å²) in [6.07, 6.45) is 0.503. The number of methoxy groups -OCH3 is 1. The summed E-state index contributed by atoms with van der Waals surface area (Å²) in [5.41, 5.74) is 0.718. The molecular weight excluding hydrogens is 249 g/mol. The van der Waals surface area contributed by atoms with Gasteiger partial charge in [-0.05, 0) is 12.1 Å². The minimum Gasteiger partial charge on any atom is -0.493 e. The van der Waals surface area contributed by atoms with Gasteiger partial charge in [0.25, 0.3) is 0 Å². The lowest BCUT2D eigenvalue weighted by atomic mass is 10.1. The number of hydrogen-bond acceptors (Lipinski definition) is 1. The van der Waals surface area contributed by atoms with Gasteiger partial charge in [-0.15, -0.1) is 0 Å². The van der Waals surface area contributed by atoms with Gasteiger partial charge in [-0.3, -0.25) is 0 Å². The van der Waals surface area contributed by atoms with E-state index in [0.29, 0.717) is 17.4 Å². The molecule has 0 saturated heterocycles. The first-order valence-electron chi connectivity index (χ1n) is 4.04. The van der Waals surface area contributed by atoms with E-state index in [1.165, 1.54) is 13.2 Å². The number of ether oxygens (including phenoxy) is 1. The molecule has 1 rings (SSSR count). The minimum atomic E-state index is -0.401. The third-order valence-corrected chi connectivity index (χ3v) is 2.24. The van der Waals surface area contributed by atoms with Crippen molar-refractivity contribution in [2.45, 2.75) is 6.42 Å². The molecule has 0 radical (unpaired) electrons. The number of benzene rings is 1. The van der Waals surface area contributed by atoms with Crippen LogP contribution in [0.5, 0.6) is 5.75 Å². The molecule has 0 amide bonds. The molecule has 0 aliphatic heterocycles. The van der Waals surface area contributed by atoms with Gasteiger partial charge in [0.15, 0.2) is 11.6 Å². The van der Waals surface area contributed by atoms with Crippen molar-refractivity contribution in [2.24, 2.45) is 0 Å². The summed E-state index contributed by atoms with van der Waals surface area (Å²) in [6.45, 7) is 7.01. The maximum Gasteiger partial charge on any atom is 0.218 e. The third kappa shape index (κ3) is 2.46. The van der Waals surface area contributed by atoms with Crippen molar-refractivity contribution in [2.75, 3.05) is 13.7 Å². The van der Waals surface area contributed by atoms with Gasteiger partial charge in [-0.1, -0.05) is 15.9 Å². The molecule has 4 heteroatoms. The van der Waals surface area contributed by atoms with E-state index in [1.807, 2.05) is 0 Å². The number of rotatable bonds is 3. The lowest BCUT2D eigenvalue weighted by Crippen LogP contribution is -1.97. The van der Waals surface area contributed by atoms with E-state index in [0.717, 1.165) is 5.56 Å². The van der Waals surface area contributed by atoms with E-state index >= 15 is 0 Å². The van der Waals surface area contributed by atoms with Crippen LogP contribution in [0.1, 0.15) is 5.56 Å². The molecule has 0 saturated carbocycles. The Hall–Kier alpha value is -1.08. The van der Waals surface area contributed by atoms with E-state index < -0.39 is 5.82 Å². The van der Waals surface area contributed by atoms with Gasteiger partial charge in [0.1, 0.15) is 0 Å². The Bertz CT molecular complexity index is 373. The van der Waals surface area contributed by atoms with Crippen molar-refractivity contribution in [3.05, 3.63) is 39.4 Å². The van der Waals surface area contributed by atoms with Crippen molar-refractivity contribution in [3.8, 4) is 5.75 Å². The highest BCUT2D eigenvalue weighted by molar-refractivity contribution is 9.10. The monoisotopic (exact) mass is 257 g/mol. The normalized spacial score (nSPS) is 9.57. The Morgan fingerprint density at radius 2 is 2.29 bits per heavy atom. The van der Waals surface area contributed by atoms with Crippen molar-refractivity contribution in [1.29, 1.82) is 0 Å². The fourth-order valence-corrected chi connectivity index (χ4v) is 1.68. The van der Waals surface area contributed by atoms with Crippen molar-refractivity contribution in [1.82, 2.24) is 0 Å². The first-order chi connectivity index (χ1) is 6.69. The second-order valence-corrected chi connectivity index (χ2v) is 3.63. The highest BCUT2D eigenvalue weighted by Crippen LogP contribution is 2.27. The molecule has 0 fully saturated rings. The smallest absolute Gasteiger partial charge is 0.218 e. The Labute approximate surface area is 90.6 Å². The predicted octanol–water partition coefficient (Wildman–Crippen LogP) is 3.06. The van der Waals surface area contributed by atoms with Crippen LogP contribution in [-0.4, -0.2) is 13.7 Å². The van der Waals surface area contributed by atoms with Gasteiger partial charge in [-0.25, -0.2) is 11.0 Å². The average molecular weight is 258 g/mol. The SMILES string of the molecule is [C-]#[N+]CCc1cc(Br)cc(F)c1OC. The molecule has 0 heterocycles. The zero-order valence-corrected chi connectivity index (χ0v) is 9.27. The van der Waals surface area contributed by atoms with Crippen LogP contribution in [0, 0.1) is 12.4 Å². The van der Waals surface area contributed by atoms with E-state index in [1.54, 1.807) is 6.07 Å². The molecular formula is C10H9BrFNO. The minimum absolute atomic E-state index is 0.233. The average Bonchev–Trinajstić information content (AvgIpc) is 2.14. The van der Waals surface area contributed by atoms with Crippen molar-refractivity contribution in [3.63, 3.8) is 0 Å². The maximum atomic E-state index is 13.3. The second kappa shape index (κ2) is 4.97. The first-order valence-corrected chi connectivity index (χ1v) is 4.83. The van der Waals surface area contributed by atoms with Crippen LogP contribution in [0.2, 0.25) is 0 Å². The van der Waals surface area contributed by atoms with Crippen molar-refractivity contribution >= 4 is 15.9 Å². The van der Waals surface area contributed by atoms with E-state index in [-0.39, 0.29) is 5.75 Å². The van der Waals surface area contributed by atoms with Crippen LogP contribution in [0.15, 0.2) is 16.6 Å². The van der Waals surface area contributed by atoms with Crippen LogP contribution >= 0.6 is 15.9 Å². The highest BCUT2D eigenvalue weighted by Gasteiger charge is 2.11. The van der Waals surface area contributed by atoms with Crippen molar-refractivity contribution < 1.29 is 9.13 Å². The molecule has 0 N–H and O–H groups in total. The molecule has 0 spiro atoms. The number of hydrogen-bond donors (Lipinski definition) is 0. The molecule has 2 nitrogen and oxygen atoms in total. The second-order valence-electron chi connectivity index (χ2n) is 2.71. The molecule has 0 bridgehead atoms. The zero-order valence-electron chi connectivity index (χ0n) is 7.68. The quantitative estimate of drug-likeness (QED) is 0.759. The summed E-state index contributed by atoms with van der Waals surface area (Å²) in [6, 6.07) is 3.12. The largest absolute Gasteiger partial charge is 0.493 e. The van der Waals surface area contributed by atoms with Gasteiger partial charge in [0.05, 0.1) is 7.11 Å². The summed E-state index contributed by atoms with van der Waals surface area (Å²) >= 11 is 3.20. The lowest BCUT2D eigenvalue weighted by molar-refractivity contribution is 0.381. The maximum absolute atomic E-state index is 13.3. The van der Waals surface area contributed by atoms with Gasteiger partial charge < -0.3 is 9.58 Å². The fraction of sp³-hybridized carbons (Fsp3) is 0.300. The molecule has 0 atom stereocenters. The molecule has 0 unspecified atom stereocenters. The van der Waals surface area contributed by atoms with Gasteiger partial charge in [-0.2, -0.15) is 0 Å². The van der Waals surface area contributed by atoms with Crippen LogP contribution < -0.4 is 4.74 Å². The molecule has 0 aliphatic carbocycles. The Morgan fingerprint density at radius 3 is 2.86 bits per heavy atom. The highest BCUT2D eigenvalue weighted by atomic mass is 79.9. The molecule has 74 valence electrons. The molecule has 0 aliphatic rings. The molecule has 1 aromatic carbocycles. The number of nitrogens with zero attached hydrogens (tertiary/aromatic N) is 1. The Morgan fingerprint density at radius 1 is 1.57 bits per heavy atom. The topological polar surface area (TPSA) is 13.6 Å². The predicted molar refractivity (Wildman–Crippen MR) is 55.8 cm³/mol. The summed E-state index contributed by atoms with van der Waals surface area (Å²) in [7, 11) is 1.42. The lowest BCUT2D eigenvalue weighted by Gasteiger charge is -2.07. The van der Waals surface area contributed by atoms with Crippen LogP contribution in [0.25, 0.3) is 4.85 Å². The number of halogens is 2.